The molecular weight excluding hydrogens is 258 g/mol. The summed E-state index contributed by atoms with van der Waals surface area (Å²) in [6.07, 6.45) is 1.99. The first-order valence-electron chi connectivity index (χ1n) is 7.54. The Morgan fingerprint density at radius 3 is 2.57 bits per heavy atom. The Morgan fingerprint density at radius 2 is 1.90 bits per heavy atom. The van der Waals surface area contributed by atoms with Crippen molar-refractivity contribution in [1.29, 1.82) is 0 Å². The van der Waals surface area contributed by atoms with E-state index in [-0.39, 0.29) is 5.54 Å². The topological polar surface area (TPSA) is 28.2 Å². The van der Waals surface area contributed by atoms with Crippen molar-refractivity contribution < 1.29 is 0 Å². The summed E-state index contributed by atoms with van der Waals surface area (Å²) in [6, 6.07) is 15.3. The number of anilines is 1. The lowest BCUT2D eigenvalue weighted by molar-refractivity contribution is 0.312. The van der Waals surface area contributed by atoms with Crippen molar-refractivity contribution in [3.8, 4) is 0 Å². The van der Waals surface area contributed by atoms with Gasteiger partial charge in [0.2, 0.25) is 0 Å². The number of hydrogen-bond acceptors (Lipinski definition) is 3. The van der Waals surface area contributed by atoms with Gasteiger partial charge in [-0.1, -0.05) is 30.3 Å². The molecule has 1 aromatic heterocycles. The van der Waals surface area contributed by atoms with Gasteiger partial charge < -0.3 is 10.2 Å². The lowest BCUT2D eigenvalue weighted by Crippen LogP contribution is -2.58. The Bertz CT molecular complexity index is 590. The normalized spacial score (nSPS) is 21.3. The second kappa shape index (κ2) is 5.49. The van der Waals surface area contributed by atoms with Crippen LogP contribution in [0.15, 0.2) is 48.7 Å². The first-order chi connectivity index (χ1) is 10.1. The fourth-order valence-corrected chi connectivity index (χ4v) is 2.95. The molecule has 1 aromatic carbocycles. The number of nitrogens with zero attached hydrogens (tertiary/aromatic N) is 2. The van der Waals surface area contributed by atoms with Gasteiger partial charge in [-0.05, 0) is 38.5 Å². The summed E-state index contributed by atoms with van der Waals surface area (Å²) in [6.45, 7) is 8.45. The van der Waals surface area contributed by atoms with Crippen molar-refractivity contribution in [3.63, 3.8) is 0 Å². The van der Waals surface area contributed by atoms with Crippen LogP contribution in [0.4, 0.5) is 5.69 Å². The highest BCUT2D eigenvalue weighted by atomic mass is 15.3. The molecule has 0 saturated carbocycles. The molecule has 0 bridgehead atoms. The van der Waals surface area contributed by atoms with Crippen LogP contribution in [0, 0.1) is 6.92 Å². The second-order valence-electron chi connectivity index (χ2n) is 6.48. The molecule has 1 N–H and O–H groups in total. The van der Waals surface area contributed by atoms with Crippen LogP contribution in [0.2, 0.25) is 0 Å². The van der Waals surface area contributed by atoms with Crippen molar-refractivity contribution >= 4 is 5.69 Å². The molecule has 0 spiro atoms. The van der Waals surface area contributed by atoms with Gasteiger partial charge in [-0.15, -0.1) is 0 Å². The highest BCUT2D eigenvalue weighted by Gasteiger charge is 2.33. The van der Waals surface area contributed by atoms with Gasteiger partial charge >= 0.3 is 0 Å². The number of aryl methyl sites for hydroxylation is 1. The molecule has 3 heteroatoms. The zero-order chi connectivity index (χ0) is 14.9. The zero-order valence-electron chi connectivity index (χ0n) is 13.0. The fraction of sp³-hybridized carbons (Fsp3) is 0.389. The van der Waals surface area contributed by atoms with Gasteiger partial charge in [-0.3, -0.25) is 4.98 Å². The van der Waals surface area contributed by atoms with Gasteiger partial charge in [0.1, 0.15) is 0 Å². The molecule has 3 rings (SSSR count). The Hall–Kier alpha value is -1.87. The lowest BCUT2D eigenvalue weighted by atomic mass is 9.94. The molecule has 21 heavy (non-hydrogen) atoms. The molecule has 1 saturated heterocycles. The predicted octanol–water partition coefficient (Wildman–Crippen LogP) is 3.32. The number of rotatable bonds is 2. The number of aromatic nitrogens is 1. The van der Waals surface area contributed by atoms with E-state index in [1.54, 1.807) is 0 Å². The summed E-state index contributed by atoms with van der Waals surface area (Å²) in [7, 11) is 0. The third-order valence-corrected chi connectivity index (χ3v) is 4.13. The molecule has 1 aliphatic heterocycles. The monoisotopic (exact) mass is 281 g/mol. The minimum atomic E-state index is 0.107. The van der Waals surface area contributed by atoms with Crippen LogP contribution in [0.25, 0.3) is 0 Å². The molecule has 0 radical (unpaired) electrons. The van der Waals surface area contributed by atoms with E-state index in [0.717, 1.165) is 18.8 Å². The van der Waals surface area contributed by atoms with E-state index in [1.807, 2.05) is 13.1 Å². The molecule has 0 amide bonds. The number of pyridine rings is 1. The van der Waals surface area contributed by atoms with E-state index < -0.39 is 0 Å². The summed E-state index contributed by atoms with van der Waals surface area (Å²) in [5.74, 6) is 0. The van der Waals surface area contributed by atoms with Crippen molar-refractivity contribution in [2.75, 3.05) is 18.0 Å². The van der Waals surface area contributed by atoms with E-state index in [4.69, 9.17) is 0 Å². The quantitative estimate of drug-likeness (QED) is 0.915. The smallest absolute Gasteiger partial charge is 0.0668 e. The van der Waals surface area contributed by atoms with Crippen molar-refractivity contribution in [3.05, 3.63) is 59.9 Å². The maximum Gasteiger partial charge on any atom is 0.0668 e. The van der Waals surface area contributed by atoms with Crippen molar-refractivity contribution in [2.45, 2.75) is 32.4 Å². The molecule has 3 nitrogen and oxygen atoms in total. The highest BCUT2D eigenvalue weighted by Crippen LogP contribution is 2.31. The maximum atomic E-state index is 4.47. The first kappa shape index (κ1) is 14.1. The number of hydrogen-bond donors (Lipinski definition) is 1. The molecular formula is C18H23N3. The summed E-state index contributed by atoms with van der Waals surface area (Å²) < 4.78 is 0. The van der Waals surface area contributed by atoms with Crippen LogP contribution in [0.1, 0.15) is 31.1 Å². The Kier molecular flexibility index (Phi) is 3.68. The molecule has 0 aliphatic carbocycles. The maximum absolute atomic E-state index is 4.47. The summed E-state index contributed by atoms with van der Waals surface area (Å²) >= 11 is 0. The highest BCUT2D eigenvalue weighted by molar-refractivity contribution is 5.49. The first-order valence-corrected chi connectivity index (χ1v) is 7.54. The standard InChI is InChI=1S/C18H23N3/c1-14-9-10-16(11-19-14)21-13-18(2,3)20-12-17(21)15-7-5-4-6-8-15/h4-11,17,20H,12-13H2,1-3H3. The fourth-order valence-electron chi connectivity index (χ4n) is 2.95. The molecule has 1 unspecified atom stereocenters. The van der Waals surface area contributed by atoms with Gasteiger partial charge in [-0.25, -0.2) is 0 Å². The zero-order valence-corrected chi connectivity index (χ0v) is 13.0. The van der Waals surface area contributed by atoms with E-state index in [2.05, 4.69) is 71.5 Å². The Morgan fingerprint density at radius 1 is 1.14 bits per heavy atom. The summed E-state index contributed by atoms with van der Waals surface area (Å²) in [5.41, 5.74) is 3.71. The van der Waals surface area contributed by atoms with E-state index in [9.17, 15) is 0 Å². The molecule has 1 atom stereocenters. The van der Waals surface area contributed by atoms with Crippen LogP contribution in [-0.2, 0) is 0 Å². The third-order valence-electron chi connectivity index (χ3n) is 4.13. The van der Waals surface area contributed by atoms with Crippen LogP contribution < -0.4 is 10.2 Å². The van der Waals surface area contributed by atoms with Gasteiger partial charge in [0.25, 0.3) is 0 Å². The van der Waals surface area contributed by atoms with Crippen LogP contribution in [0.5, 0.6) is 0 Å². The van der Waals surface area contributed by atoms with E-state index in [0.29, 0.717) is 6.04 Å². The SMILES string of the molecule is Cc1ccc(N2CC(C)(C)NCC2c2ccccc2)cn1. The second-order valence-corrected chi connectivity index (χ2v) is 6.48. The largest absolute Gasteiger partial charge is 0.360 e. The third kappa shape index (κ3) is 3.08. The minimum Gasteiger partial charge on any atom is -0.360 e. The molecule has 2 aromatic rings. The van der Waals surface area contributed by atoms with Crippen molar-refractivity contribution in [1.82, 2.24) is 10.3 Å². The Labute approximate surface area is 127 Å². The predicted molar refractivity (Wildman–Crippen MR) is 87.6 cm³/mol. The molecule has 1 aliphatic rings. The lowest BCUT2D eigenvalue weighted by Gasteiger charge is -2.46. The average molecular weight is 281 g/mol. The minimum absolute atomic E-state index is 0.107. The summed E-state index contributed by atoms with van der Waals surface area (Å²) in [4.78, 5) is 6.94. The van der Waals surface area contributed by atoms with Crippen LogP contribution in [-0.4, -0.2) is 23.6 Å². The van der Waals surface area contributed by atoms with Crippen LogP contribution in [0.3, 0.4) is 0 Å². The van der Waals surface area contributed by atoms with Gasteiger partial charge in [0.15, 0.2) is 0 Å². The average Bonchev–Trinajstić information content (AvgIpc) is 2.48. The van der Waals surface area contributed by atoms with E-state index in [1.165, 1.54) is 11.3 Å². The van der Waals surface area contributed by atoms with Gasteiger partial charge in [0.05, 0.1) is 17.9 Å². The number of benzene rings is 1. The van der Waals surface area contributed by atoms with Gasteiger partial charge in [-0.2, -0.15) is 0 Å². The Balaban J connectivity index is 1.96. The molecule has 1 fully saturated rings. The van der Waals surface area contributed by atoms with Crippen LogP contribution >= 0.6 is 0 Å². The molecule has 2 heterocycles. The molecule has 110 valence electrons. The van der Waals surface area contributed by atoms with Crippen molar-refractivity contribution in [2.24, 2.45) is 0 Å². The number of nitrogens with one attached hydrogen (secondary N) is 1. The number of piperazine rings is 1. The van der Waals surface area contributed by atoms with Gasteiger partial charge in [0, 0.05) is 24.3 Å². The van der Waals surface area contributed by atoms with E-state index >= 15 is 0 Å². The summed E-state index contributed by atoms with van der Waals surface area (Å²) in [5, 5.41) is 3.66.